The van der Waals surface area contributed by atoms with Gasteiger partial charge in [0.15, 0.2) is 0 Å². The summed E-state index contributed by atoms with van der Waals surface area (Å²) in [5.41, 5.74) is -0.453. The maximum absolute atomic E-state index is 11.6. The van der Waals surface area contributed by atoms with Gasteiger partial charge < -0.3 is 4.74 Å². The summed E-state index contributed by atoms with van der Waals surface area (Å²) in [6.45, 7) is 1.87. The summed E-state index contributed by atoms with van der Waals surface area (Å²) in [5, 5.41) is 0. The molecule has 1 unspecified atom stereocenters. The van der Waals surface area contributed by atoms with Gasteiger partial charge in [-0.25, -0.2) is 0 Å². The van der Waals surface area contributed by atoms with Gasteiger partial charge in [0.1, 0.15) is 5.78 Å². The van der Waals surface area contributed by atoms with E-state index < -0.39 is 5.41 Å². The zero-order valence-electron chi connectivity index (χ0n) is 8.26. The zero-order valence-corrected chi connectivity index (χ0v) is 8.26. The van der Waals surface area contributed by atoms with Crippen LogP contribution in [-0.2, 0) is 14.3 Å². The average Bonchev–Trinajstić information content (AvgIpc) is 2.10. The molecule has 1 fully saturated rings. The monoisotopic (exact) mass is 184 g/mol. The second-order valence-corrected chi connectivity index (χ2v) is 3.94. The van der Waals surface area contributed by atoms with Gasteiger partial charge >= 0.3 is 5.97 Å². The normalized spacial score (nSPS) is 28.6. The minimum absolute atomic E-state index is 0.212. The van der Waals surface area contributed by atoms with E-state index in [0.717, 1.165) is 19.3 Å². The summed E-state index contributed by atoms with van der Waals surface area (Å²) in [4.78, 5) is 22.6. The van der Waals surface area contributed by atoms with Gasteiger partial charge in [0.05, 0.1) is 13.5 Å². The number of methoxy groups -OCH3 is 1. The molecule has 0 aromatic rings. The maximum Gasteiger partial charge on any atom is 0.306 e. The van der Waals surface area contributed by atoms with Gasteiger partial charge in [-0.1, -0.05) is 13.3 Å². The Morgan fingerprint density at radius 2 is 2.23 bits per heavy atom. The summed E-state index contributed by atoms with van der Waals surface area (Å²) >= 11 is 0. The first-order valence-electron chi connectivity index (χ1n) is 4.68. The molecule has 0 saturated heterocycles. The van der Waals surface area contributed by atoms with Crippen LogP contribution in [0.1, 0.15) is 39.0 Å². The quantitative estimate of drug-likeness (QED) is 0.613. The summed E-state index contributed by atoms with van der Waals surface area (Å²) in [5.74, 6) is -0.0677. The van der Waals surface area contributed by atoms with E-state index in [1.165, 1.54) is 7.11 Å². The zero-order chi connectivity index (χ0) is 9.90. The van der Waals surface area contributed by atoms with Crippen molar-refractivity contribution in [2.75, 3.05) is 7.11 Å². The molecule has 1 rings (SSSR count). The predicted octanol–water partition coefficient (Wildman–Crippen LogP) is 1.70. The van der Waals surface area contributed by atoms with Crippen molar-refractivity contribution in [1.29, 1.82) is 0 Å². The van der Waals surface area contributed by atoms with E-state index in [-0.39, 0.29) is 18.2 Å². The third-order valence-electron chi connectivity index (χ3n) is 2.82. The van der Waals surface area contributed by atoms with Crippen LogP contribution in [0, 0.1) is 5.41 Å². The highest BCUT2D eigenvalue weighted by Gasteiger charge is 2.37. The highest BCUT2D eigenvalue weighted by atomic mass is 16.5. The number of hydrogen-bond donors (Lipinski definition) is 0. The van der Waals surface area contributed by atoms with Crippen molar-refractivity contribution in [2.45, 2.75) is 39.0 Å². The smallest absolute Gasteiger partial charge is 0.306 e. The SMILES string of the molecule is COC(=O)CC1(C)CCCCC1=O. The van der Waals surface area contributed by atoms with Crippen LogP contribution in [-0.4, -0.2) is 18.9 Å². The first-order chi connectivity index (χ1) is 6.08. The van der Waals surface area contributed by atoms with E-state index in [9.17, 15) is 9.59 Å². The number of hydrogen-bond acceptors (Lipinski definition) is 3. The van der Waals surface area contributed by atoms with Crippen molar-refractivity contribution < 1.29 is 14.3 Å². The summed E-state index contributed by atoms with van der Waals surface area (Å²) in [6.07, 6.45) is 3.69. The van der Waals surface area contributed by atoms with E-state index >= 15 is 0 Å². The molecule has 0 aliphatic heterocycles. The minimum Gasteiger partial charge on any atom is -0.469 e. The Hall–Kier alpha value is -0.860. The fourth-order valence-electron chi connectivity index (χ4n) is 1.82. The molecule has 0 N–H and O–H groups in total. The van der Waals surface area contributed by atoms with Crippen LogP contribution < -0.4 is 0 Å². The van der Waals surface area contributed by atoms with Gasteiger partial charge in [0, 0.05) is 11.8 Å². The molecule has 74 valence electrons. The van der Waals surface area contributed by atoms with Crippen molar-refractivity contribution in [3.05, 3.63) is 0 Å². The molecule has 3 heteroatoms. The van der Waals surface area contributed by atoms with Crippen LogP contribution in [0.4, 0.5) is 0 Å². The fraction of sp³-hybridized carbons (Fsp3) is 0.800. The Balaban J connectivity index is 2.62. The molecule has 1 aliphatic rings. The van der Waals surface area contributed by atoms with E-state index in [1.807, 2.05) is 6.92 Å². The summed E-state index contributed by atoms with van der Waals surface area (Å²) < 4.78 is 4.58. The van der Waals surface area contributed by atoms with Crippen molar-refractivity contribution in [3.8, 4) is 0 Å². The van der Waals surface area contributed by atoms with Crippen LogP contribution in [0.3, 0.4) is 0 Å². The molecule has 1 atom stereocenters. The van der Waals surface area contributed by atoms with Gasteiger partial charge in [-0.3, -0.25) is 9.59 Å². The fourth-order valence-corrected chi connectivity index (χ4v) is 1.82. The lowest BCUT2D eigenvalue weighted by molar-refractivity contribution is -0.148. The molecule has 1 aliphatic carbocycles. The van der Waals surface area contributed by atoms with Gasteiger partial charge in [-0.2, -0.15) is 0 Å². The largest absolute Gasteiger partial charge is 0.469 e. The first kappa shape index (κ1) is 10.2. The molecule has 0 aromatic heterocycles. The van der Waals surface area contributed by atoms with Gasteiger partial charge in [-0.05, 0) is 12.8 Å². The number of carbonyl (C=O) groups is 2. The second kappa shape index (κ2) is 3.90. The predicted molar refractivity (Wildman–Crippen MR) is 48.2 cm³/mol. The number of ether oxygens (including phenoxy) is 1. The number of ketones is 1. The van der Waals surface area contributed by atoms with Crippen molar-refractivity contribution in [3.63, 3.8) is 0 Å². The van der Waals surface area contributed by atoms with E-state index in [0.29, 0.717) is 6.42 Å². The van der Waals surface area contributed by atoms with Crippen LogP contribution in [0.5, 0.6) is 0 Å². The van der Waals surface area contributed by atoms with Crippen molar-refractivity contribution >= 4 is 11.8 Å². The van der Waals surface area contributed by atoms with Crippen LogP contribution in [0.2, 0.25) is 0 Å². The Labute approximate surface area is 78.5 Å². The highest BCUT2D eigenvalue weighted by molar-refractivity contribution is 5.89. The molecular formula is C10H16O3. The number of rotatable bonds is 2. The lowest BCUT2D eigenvalue weighted by Gasteiger charge is -2.30. The van der Waals surface area contributed by atoms with Gasteiger partial charge in [0.2, 0.25) is 0 Å². The van der Waals surface area contributed by atoms with Crippen molar-refractivity contribution in [1.82, 2.24) is 0 Å². The Bertz CT molecular complexity index is 222. The third-order valence-corrected chi connectivity index (χ3v) is 2.82. The van der Waals surface area contributed by atoms with Crippen molar-refractivity contribution in [2.24, 2.45) is 5.41 Å². The molecule has 0 heterocycles. The first-order valence-corrected chi connectivity index (χ1v) is 4.68. The molecular weight excluding hydrogens is 168 g/mol. The lowest BCUT2D eigenvalue weighted by atomic mass is 9.72. The Morgan fingerprint density at radius 1 is 1.54 bits per heavy atom. The Morgan fingerprint density at radius 3 is 2.77 bits per heavy atom. The molecule has 1 saturated carbocycles. The lowest BCUT2D eigenvalue weighted by Crippen LogP contribution is -2.33. The summed E-state index contributed by atoms with van der Waals surface area (Å²) in [7, 11) is 1.36. The number of esters is 1. The minimum atomic E-state index is -0.453. The second-order valence-electron chi connectivity index (χ2n) is 3.94. The molecule has 0 spiro atoms. The third kappa shape index (κ3) is 2.29. The average molecular weight is 184 g/mol. The van der Waals surface area contributed by atoms with Gasteiger partial charge in [-0.15, -0.1) is 0 Å². The molecule has 3 nitrogen and oxygen atoms in total. The molecule has 0 bridgehead atoms. The molecule has 0 radical (unpaired) electrons. The van der Waals surface area contributed by atoms with Gasteiger partial charge in [0.25, 0.3) is 0 Å². The van der Waals surface area contributed by atoms with Crippen LogP contribution in [0.25, 0.3) is 0 Å². The standard InChI is InChI=1S/C10H16O3/c1-10(7-9(12)13-2)6-4-3-5-8(10)11/h3-7H2,1-2H3. The number of Topliss-reactive ketones (excluding diaryl/α,β-unsaturated/α-hetero) is 1. The number of carbonyl (C=O) groups excluding carboxylic acids is 2. The Kier molecular flexibility index (Phi) is 3.07. The van der Waals surface area contributed by atoms with Crippen LogP contribution >= 0.6 is 0 Å². The van der Waals surface area contributed by atoms with E-state index in [1.54, 1.807) is 0 Å². The van der Waals surface area contributed by atoms with E-state index in [2.05, 4.69) is 4.74 Å². The highest BCUT2D eigenvalue weighted by Crippen LogP contribution is 2.35. The topological polar surface area (TPSA) is 43.4 Å². The molecule has 13 heavy (non-hydrogen) atoms. The molecule has 0 aromatic carbocycles. The molecule has 0 amide bonds. The summed E-state index contributed by atoms with van der Waals surface area (Å²) in [6, 6.07) is 0. The van der Waals surface area contributed by atoms with Crippen LogP contribution in [0.15, 0.2) is 0 Å². The van der Waals surface area contributed by atoms with E-state index in [4.69, 9.17) is 0 Å². The maximum atomic E-state index is 11.6.